The van der Waals surface area contributed by atoms with E-state index >= 15 is 0 Å². The van der Waals surface area contributed by atoms with Crippen LogP contribution in [0.3, 0.4) is 0 Å². The number of nitrogens with one attached hydrogen (secondary N) is 1. The Labute approximate surface area is 175 Å². The Morgan fingerprint density at radius 2 is 1.87 bits per heavy atom. The fourth-order valence-electron chi connectivity index (χ4n) is 2.64. The monoisotopic (exact) mass is 425 g/mol. The molecule has 0 atom stereocenters. The van der Waals surface area contributed by atoms with Gasteiger partial charge in [0.1, 0.15) is 36.3 Å². The normalized spacial score (nSPS) is 12.4. The lowest BCUT2D eigenvalue weighted by molar-refractivity contribution is -0.384. The summed E-state index contributed by atoms with van der Waals surface area (Å²) in [7, 11) is 0. The fraction of sp³-hybridized carbons (Fsp3) is 0.150. The Kier molecular flexibility index (Phi) is 6.32. The van der Waals surface area contributed by atoms with Crippen LogP contribution in [0.4, 0.5) is 11.4 Å². The van der Waals surface area contributed by atoms with Gasteiger partial charge in [0.25, 0.3) is 11.6 Å². The number of carbonyl (C=O) groups excluding carboxylic acids is 1. The molecule has 0 bridgehead atoms. The highest BCUT2D eigenvalue weighted by molar-refractivity contribution is 6.10. The van der Waals surface area contributed by atoms with Crippen molar-refractivity contribution in [1.82, 2.24) is 0 Å². The number of nitro groups is 1. The van der Waals surface area contributed by atoms with E-state index in [1.807, 2.05) is 0 Å². The first-order valence-corrected chi connectivity index (χ1v) is 8.83. The second kappa shape index (κ2) is 9.27. The molecule has 11 heteroatoms. The molecule has 0 saturated heterocycles. The largest absolute Gasteiger partial charge is 0.486 e. The van der Waals surface area contributed by atoms with Crippen LogP contribution in [0.2, 0.25) is 0 Å². The minimum Gasteiger partial charge on any atom is -0.486 e. The van der Waals surface area contributed by atoms with E-state index in [-0.39, 0.29) is 36.0 Å². The number of carboxylic acids is 1. The second-order valence-corrected chi connectivity index (χ2v) is 6.15. The van der Waals surface area contributed by atoms with Gasteiger partial charge in [-0.25, -0.2) is 4.79 Å². The zero-order chi connectivity index (χ0) is 22.4. The molecule has 3 rings (SSSR count). The molecule has 158 valence electrons. The summed E-state index contributed by atoms with van der Waals surface area (Å²) >= 11 is 0. The van der Waals surface area contributed by atoms with Gasteiger partial charge >= 0.3 is 5.97 Å². The molecule has 1 aliphatic rings. The molecule has 2 aromatic carbocycles. The van der Waals surface area contributed by atoms with Crippen molar-refractivity contribution in [1.29, 1.82) is 5.26 Å². The van der Waals surface area contributed by atoms with E-state index in [1.165, 1.54) is 36.4 Å². The maximum Gasteiger partial charge on any atom is 0.341 e. The van der Waals surface area contributed by atoms with Crippen molar-refractivity contribution < 1.29 is 33.8 Å². The number of nitriles is 1. The van der Waals surface area contributed by atoms with Gasteiger partial charge in [-0.05, 0) is 23.8 Å². The summed E-state index contributed by atoms with van der Waals surface area (Å²) in [6.45, 7) is 0.000383. The van der Waals surface area contributed by atoms with Crippen molar-refractivity contribution in [2.75, 3.05) is 25.1 Å². The SMILES string of the molecule is N#CC(=Cc1ccc(OCC(=O)O)cc1)C(=O)Nc1cc2c(cc1[N+](=O)[O-])OCCO2. The fourth-order valence-corrected chi connectivity index (χ4v) is 2.64. The molecular weight excluding hydrogens is 410 g/mol. The van der Waals surface area contributed by atoms with E-state index in [0.717, 1.165) is 6.07 Å². The Morgan fingerprint density at radius 3 is 2.45 bits per heavy atom. The van der Waals surface area contributed by atoms with Crippen molar-refractivity contribution in [3.63, 3.8) is 0 Å². The number of benzene rings is 2. The van der Waals surface area contributed by atoms with E-state index in [9.17, 15) is 25.0 Å². The molecule has 0 radical (unpaired) electrons. The van der Waals surface area contributed by atoms with Crippen LogP contribution in [-0.2, 0) is 9.59 Å². The second-order valence-electron chi connectivity index (χ2n) is 6.15. The lowest BCUT2D eigenvalue weighted by Gasteiger charge is -2.19. The summed E-state index contributed by atoms with van der Waals surface area (Å²) in [6.07, 6.45) is 1.28. The minimum atomic E-state index is -1.12. The first-order valence-electron chi connectivity index (χ1n) is 8.83. The molecule has 0 saturated carbocycles. The number of ether oxygens (including phenoxy) is 3. The number of aliphatic carboxylic acids is 1. The van der Waals surface area contributed by atoms with Gasteiger partial charge in [-0.2, -0.15) is 5.26 Å². The van der Waals surface area contributed by atoms with Crippen molar-refractivity contribution in [2.24, 2.45) is 0 Å². The Morgan fingerprint density at radius 1 is 1.23 bits per heavy atom. The third-order valence-corrected chi connectivity index (χ3v) is 4.02. The average molecular weight is 425 g/mol. The van der Waals surface area contributed by atoms with E-state index in [0.29, 0.717) is 11.3 Å². The van der Waals surface area contributed by atoms with Crippen LogP contribution in [0.5, 0.6) is 17.2 Å². The molecule has 11 nitrogen and oxygen atoms in total. The quantitative estimate of drug-likeness (QED) is 0.293. The number of carboxylic acid groups (broad SMARTS) is 1. The zero-order valence-electron chi connectivity index (χ0n) is 15.9. The number of nitro benzene ring substituents is 1. The molecular formula is C20H15N3O8. The lowest BCUT2D eigenvalue weighted by Crippen LogP contribution is -2.18. The average Bonchev–Trinajstić information content (AvgIpc) is 2.76. The third kappa shape index (κ3) is 5.27. The first-order chi connectivity index (χ1) is 14.9. The Balaban J connectivity index is 1.80. The highest BCUT2D eigenvalue weighted by atomic mass is 16.6. The van der Waals surface area contributed by atoms with E-state index in [2.05, 4.69) is 5.32 Å². The van der Waals surface area contributed by atoms with Crippen LogP contribution in [0.1, 0.15) is 5.56 Å². The summed E-state index contributed by atoms with van der Waals surface area (Å²) in [5.41, 5.74) is -0.387. The maximum absolute atomic E-state index is 12.5. The van der Waals surface area contributed by atoms with Crippen molar-refractivity contribution in [3.05, 3.63) is 57.6 Å². The summed E-state index contributed by atoms with van der Waals surface area (Å²) in [5.74, 6) is -1.24. The first kappa shape index (κ1) is 21.1. The van der Waals surface area contributed by atoms with Gasteiger partial charge in [-0.1, -0.05) is 12.1 Å². The number of rotatable bonds is 7. The Bertz CT molecular complexity index is 1100. The molecule has 1 heterocycles. The minimum absolute atomic E-state index is 0.141. The number of hydrogen-bond donors (Lipinski definition) is 2. The van der Waals surface area contributed by atoms with Crippen LogP contribution < -0.4 is 19.5 Å². The van der Waals surface area contributed by atoms with Crippen LogP contribution in [0, 0.1) is 21.4 Å². The number of carbonyl (C=O) groups is 2. The molecule has 31 heavy (non-hydrogen) atoms. The number of amides is 1. The number of anilines is 1. The van der Waals surface area contributed by atoms with Gasteiger partial charge in [0.15, 0.2) is 18.1 Å². The van der Waals surface area contributed by atoms with Crippen LogP contribution in [0.15, 0.2) is 42.0 Å². The summed E-state index contributed by atoms with van der Waals surface area (Å²) in [5, 5.41) is 31.7. The van der Waals surface area contributed by atoms with Crippen molar-refractivity contribution >= 4 is 29.3 Å². The summed E-state index contributed by atoms with van der Waals surface area (Å²) in [4.78, 5) is 33.8. The summed E-state index contributed by atoms with van der Waals surface area (Å²) < 4.78 is 15.7. The smallest absolute Gasteiger partial charge is 0.341 e. The van der Waals surface area contributed by atoms with E-state index in [4.69, 9.17) is 19.3 Å². The van der Waals surface area contributed by atoms with E-state index in [1.54, 1.807) is 6.07 Å². The molecule has 1 aliphatic heterocycles. The van der Waals surface area contributed by atoms with Gasteiger partial charge in [0.2, 0.25) is 0 Å². The molecule has 0 unspecified atom stereocenters. The number of fused-ring (bicyclic) bond motifs is 1. The highest BCUT2D eigenvalue weighted by Crippen LogP contribution is 2.39. The molecule has 0 aliphatic carbocycles. The number of nitrogens with zero attached hydrogens (tertiary/aromatic N) is 2. The topological polar surface area (TPSA) is 161 Å². The van der Waals surface area contributed by atoms with E-state index < -0.39 is 29.1 Å². The van der Waals surface area contributed by atoms with Gasteiger partial charge in [-0.15, -0.1) is 0 Å². The van der Waals surface area contributed by atoms with Crippen molar-refractivity contribution in [3.8, 4) is 23.3 Å². The molecule has 2 aromatic rings. The van der Waals surface area contributed by atoms with Gasteiger partial charge in [-0.3, -0.25) is 14.9 Å². The van der Waals surface area contributed by atoms with Gasteiger partial charge in [0.05, 0.1) is 11.0 Å². The van der Waals surface area contributed by atoms with Crippen LogP contribution in [0.25, 0.3) is 6.08 Å². The molecule has 0 aromatic heterocycles. The zero-order valence-corrected chi connectivity index (χ0v) is 15.9. The van der Waals surface area contributed by atoms with Gasteiger partial charge in [0, 0.05) is 6.07 Å². The maximum atomic E-state index is 12.5. The summed E-state index contributed by atoms with van der Waals surface area (Å²) in [6, 6.07) is 10.2. The number of hydrogen-bond acceptors (Lipinski definition) is 8. The third-order valence-electron chi connectivity index (χ3n) is 4.02. The van der Waals surface area contributed by atoms with Crippen LogP contribution >= 0.6 is 0 Å². The molecule has 0 fully saturated rings. The predicted octanol–water partition coefficient (Wildman–Crippen LogP) is 2.38. The lowest BCUT2D eigenvalue weighted by atomic mass is 10.1. The van der Waals surface area contributed by atoms with Crippen LogP contribution in [-0.4, -0.2) is 41.7 Å². The molecule has 1 amide bonds. The van der Waals surface area contributed by atoms with Gasteiger partial charge < -0.3 is 24.6 Å². The standard InChI is InChI=1S/C20H15N3O8/c21-10-13(7-12-1-3-14(4-2-12)31-11-19(24)25)20(26)22-15-8-17-18(30-6-5-29-17)9-16(15)23(27)28/h1-4,7-9H,5-6,11H2,(H,22,26)(H,24,25). The van der Waals surface area contributed by atoms with Crippen molar-refractivity contribution in [2.45, 2.75) is 0 Å². The molecule has 2 N–H and O–H groups in total. The Hall–Kier alpha value is -4.59. The highest BCUT2D eigenvalue weighted by Gasteiger charge is 2.24. The molecule has 0 spiro atoms. The predicted molar refractivity (Wildman–Crippen MR) is 106 cm³/mol.